The number of hydrogen-bond donors (Lipinski definition) is 3. The Hall–Kier alpha value is -2.36. The van der Waals surface area contributed by atoms with Gasteiger partial charge in [0.05, 0.1) is 0 Å². The van der Waals surface area contributed by atoms with Gasteiger partial charge in [-0.15, -0.1) is 24.0 Å². The van der Waals surface area contributed by atoms with Gasteiger partial charge in [0.25, 0.3) is 0 Å². The number of halogens is 2. The van der Waals surface area contributed by atoms with Crippen molar-refractivity contribution in [3.63, 3.8) is 0 Å². The van der Waals surface area contributed by atoms with Crippen LogP contribution in [0.5, 0.6) is 5.75 Å². The fourth-order valence-corrected chi connectivity index (χ4v) is 2.30. The highest BCUT2D eigenvalue weighted by atomic mass is 127. The highest BCUT2D eigenvalue weighted by Crippen LogP contribution is 2.13. The first-order chi connectivity index (χ1) is 12.5. The number of phenolic OH excluding ortho intramolecular Hbond substituents is 1. The molecule has 2 rings (SSSR count). The summed E-state index contributed by atoms with van der Waals surface area (Å²) in [7, 11) is 1.85. The Labute approximate surface area is 175 Å². The monoisotopic (exact) mass is 486 g/mol. The smallest absolute Gasteiger partial charge is 0.246 e. The van der Waals surface area contributed by atoms with Crippen molar-refractivity contribution in [3.05, 3.63) is 59.9 Å². The number of phenols is 1. The first-order valence-corrected chi connectivity index (χ1v) is 8.30. The van der Waals surface area contributed by atoms with Crippen molar-refractivity contribution in [1.82, 2.24) is 10.2 Å². The number of hydrogen-bond acceptors (Lipinski definition) is 3. The van der Waals surface area contributed by atoms with Crippen LogP contribution in [0.4, 0.5) is 10.1 Å². The highest BCUT2D eigenvalue weighted by molar-refractivity contribution is 14.0. The second-order valence-corrected chi connectivity index (χ2v) is 5.75. The van der Waals surface area contributed by atoms with Gasteiger partial charge in [-0.2, -0.15) is 0 Å². The number of nitrogens with zero attached hydrogens (tertiary/aromatic N) is 2. The predicted octanol–water partition coefficient (Wildman–Crippen LogP) is 3.19. The maximum Gasteiger partial charge on any atom is 0.246 e. The second-order valence-electron chi connectivity index (χ2n) is 5.75. The van der Waals surface area contributed by atoms with Crippen molar-refractivity contribution in [3.8, 4) is 5.75 Å². The number of rotatable bonds is 6. The van der Waals surface area contributed by atoms with E-state index in [9.17, 15) is 14.3 Å². The SMILES string of the molecule is CCNC(=NCC(=O)Nc1ccc(O)cc1)N(C)Cc1ccc(F)cc1.I. The second kappa shape index (κ2) is 11.4. The Kier molecular flexibility index (Phi) is 9.55. The third-order valence-electron chi connectivity index (χ3n) is 3.55. The van der Waals surface area contributed by atoms with Crippen molar-refractivity contribution in [2.75, 3.05) is 25.5 Å². The van der Waals surface area contributed by atoms with Gasteiger partial charge in [-0.25, -0.2) is 9.38 Å². The van der Waals surface area contributed by atoms with Gasteiger partial charge in [0.15, 0.2) is 5.96 Å². The molecule has 0 heterocycles. The van der Waals surface area contributed by atoms with Gasteiger partial charge in [0.1, 0.15) is 18.1 Å². The third-order valence-corrected chi connectivity index (χ3v) is 3.55. The quantitative estimate of drug-likeness (QED) is 0.254. The summed E-state index contributed by atoms with van der Waals surface area (Å²) < 4.78 is 13.0. The molecule has 2 aromatic rings. The van der Waals surface area contributed by atoms with Crippen molar-refractivity contribution < 1.29 is 14.3 Å². The van der Waals surface area contributed by atoms with E-state index in [1.165, 1.54) is 24.3 Å². The zero-order valence-electron chi connectivity index (χ0n) is 15.3. The van der Waals surface area contributed by atoms with Gasteiger partial charge in [-0.05, 0) is 48.9 Å². The molecule has 0 aliphatic carbocycles. The van der Waals surface area contributed by atoms with E-state index in [2.05, 4.69) is 15.6 Å². The molecule has 0 bridgehead atoms. The van der Waals surface area contributed by atoms with Crippen molar-refractivity contribution in [2.24, 2.45) is 4.99 Å². The number of carbonyl (C=O) groups is 1. The van der Waals surface area contributed by atoms with Crippen LogP contribution in [0.1, 0.15) is 12.5 Å². The summed E-state index contributed by atoms with van der Waals surface area (Å²) in [5.74, 6) is 0.180. The third kappa shape index (κ3) is 7.81. The maximum absolute atomic E-state index is 13.0. The Morgan fingerprint density at radius 3 is 2.37 bits per heavy atom. The van der Waals surface area contributed by atoms with Crippen LogP contribution in [0.3, 0.4) is 0 Å². The Morgan fingerprint density at radius 1 is 1.15 bits per heavy atom. The number of carbonyl (C=O) groups excluding carboxylic acids is 1. The molecule has 0 fully saturated rings. The average Bonchev–Trinajstić information content (AvgIpc) is 2.62. The molecule has 0 unspecified atom stereocenters. The van der Waals surface area contributed by atoms with Gasteiger partial charge >= 0.3 is 0 Å². The molecular weight excluding hydrogens is 462 g/mol. The molecule has 0 aliphatic heterocycles. The number of benzene rings is 2. The van der Waals surface area contributed by atoms with E-state index in [-0.39, 0.29) is 48.0 Å². The largest absolute Gasteiger partial charge is 0.508 e. The molecular formula is C19H24FIN4O2. The van der Waals surface area contributed by atoms with Crippen molar-refractivity contribution >= 4 is 41.5 Å². The number of aromatic hydroxyl groups is 1. The minimum atomic E-state index is -0.275. The Bertz CT molecular complexity index is 751. The lowest BCUT2D eigenvalue weighted by atomic mass is 10.2. The minimum absolute atomic E-state index is 0. The average molecular weight is 486 g/mol. The van der Waals surface area contributed by atoms with Gasteiger partial charge < -0.3 is 20.6 Å². The van der Waals surface area contributed by atoms with Crippen molar-refractivity contribution in [2.45, 2.75) is 13.5 Å². The molecule has 0 saturated carbocycles. The lowest BCUT2D eigenvalue weighted by Crippen LogP contribution is -2.39. The molecule has 0 spiro atoms. The van der Waals surface area contributed by atoms with Crippen LogP contribution in [-0.2, 0) is 11.3 Å². The fourth-order valence-electron chi connectivity index (χ4n) is 2.30. The number of guanidine groups is 1. The van der Waals surface area contributed by atoms with Gasteiger partial charge in [0, 0.05) is 25.8 Å². The molecule has 0 aliphatic rings. The first kappa shape index (κ1) is 22.7. The number of amides is 1. The lowest BCUT2D eigenvalue weighted by molar-refractivity contribution is -0.114. The summed E-state index contributed by atoms with van der Waals surface area (Å²) in [6.45, 7) is 3.09. The summed E-state index contributed by atoms with van der Waals surface area (Å²) in [5.41, 5.74) is 1.53. The summed E-state index contributed by atoms with van der Waals surface area (Å²) in [6.07, 6.45) is 0. The van der Waals surface area contributed by atoms with Crippen LogP contribution in [-0.4, -0.2) is 42.0 Å². The van der Waals surface area contributed by atoms with Crippen LogP contribution in [0, 0.1) is 5.82 Å². The summed E-state index contributed by atoms with van der Waals surface area (Å²) in [6, 6.07) is 12.5. The molecule has 6 nitrogen and oxygen atoms in total. The number of aliphatic imine (C=N–C) groups is 1. The molecule has 8 heteroatoms. The van der Waals surface area contributed by atoms with E-state index in [0.29, 0.717) is 24.7 Å². The van der Waals surface area contributed by atoms with E-state index in [0.717, 1.165) is 5.56 Å². The summed E-state index contributed by atoms with van der Waals surface area (Å²) >= 11 is 0. The Morgan fingerprint density at radius 2 is 1.78 bits per heavy atom. The predicted molar refractivity (Wildman–Crippen MR) is 116 cm³/mol. The van der Waals surface area contributed by atoms with Gasteiger partial charge in [-0.3, -0.25) is 4.79 Å². The van der Waals surface area contributed by atoms with Crippen LogP contribution in [0.25, 0.3) is 0 Å². The summed E-state index contributed by atoms with van der Waals surface area (Å²) in [5, 5.41) is 15.1. The first-order valence-electron chi connectivity index (χ1n) is 8.30. The van der Waals surface area contributed by atoms with Crippen molar-refractivity contribution in [1.29, 1.82) is 0 Å². The Balaban J connectivity index is 0.00000364. The molecule has 0 atom stereocenters. The van der Waals surface area contributed by atoms with E-state index in [4.69, 9.17) is 0 Å². The topological polar surface area (TPSA) is 77.0 Å². The van der Waals surface area contributed by atoms with Crippen LogP contribution in [0.15, 0.2) is 53.5 Å². The van der Waals surface area contributed by atoms with E-state index < -0.39 is 0 Å². The molecule has 27 heavy (non-hydrogen) atoms. The van der Waals surface area contributed by atoms with E-state index >= 15 is 0 Å². The molecule has 0 saturated heterocycles. The summed E-state index contributed by atoms with van der Waals surface area (Å²) in [4.78, 5) is 18.3. The van der Waals surface area contributed by atoms with E-state index in [1.54, 1.807) is 24.3 Å². The molecule has 0 aromatic heterocycles. The van der Waals surface area contributed by atoms with Crippen LogP contribution < -0.4 is 10.6 Å². The number of nitrogens with one attached hydrogen (secondary N) is 2. The zero-order valence-corrected chi connectivity index (χ0v) is 17.6. The standard InChI is InChI=1S/C19H23FN4O2.HI/c1-3-21-19(24(2)13-14-4-6-15(20)7-5-14)22-12-18(26)23-16-8-10-17(25)11-9-16;/h4-11,25H,3,12-13H2,1-2H3,(H,21,22)(H,23,26);1H. The van der Waals surface area contributed by atoms with Crippen LogP contribution >= 0.6 is 24.0 Å². The highest BCUT2D eigenvalue weighted by Gasteiger charge is 2.08. The van der Waals surface area contributed by atoms with Gasteiger partial charge in [-0.1, -0.05) is 12.1 Å². The van der Waals surface area contributed by atoms with Gasteiger partial charge in [0.2, 0.25) is 5.91 Å². The molecule has 146 valence electrons. The van der Waals surface area contributed by atoms with Crippen LogP contribution in [0.2, 0.25) is 0 Å². The van der Waals surface area contributed by atoms with E-state index in [1.807, 2.05) is 18.9 Å². The lowest BCUT2D eigenvalue weighted by Gasteiger charge is -2.22. The fraction of sp³-hybridized carbons (Fsp3) is 0.263. The zero-order chi connectivity index (χ0) is 18.9. The minimum Gasteiger partial charge on any atom is -0.508 e. The molecule has 3 N–H and O–H groups in total. The molecule has 1 amide bonds. The maximum atomic E-state index is 13.0. The molecule has 0 radical (unpaired) electrons. The number of anilines is 1. The molecule has 2 aromatic carbocycles. The normalized spacial score (nSPS) is 10.7.